The summed E-state index contributed by atoms with van der Waals surface area (Å²) in [6, 6.07) is 16.6. The van der Waals surface area contributed by atoms with Crippen molar-refractivity contribution in [1.29, 1.82) is 0 Å². The second kappa shape index (κ2) is 9.48. The maximum atomic E-state index is 12.2. The van der Waals surface area contributed by atoms with Crippen LogP contribution in [0, 0.1) is 0 Å². The van der Waals surface area contributed by atoms with Gasteiger partial charge >= 0.3 is 5.97 Å². The molecular weight excluding hydrogens is 356 g/mol. The van der Waals surface area contributed by atoms with Crippen LogP contribution in [0.4, 0.5) is 0 Å². The summed E-state index contributed by atoms with van der Waals surface area (Å²) in [7, 11) is 0. The molecule has 0 bridgehead atoms. The Hall–Kier alpha value is -2.70. The lowest BCUT2D eigenvalue weighted by atomic mass is 10.1. The average molecular weight is 382 g/mol. The van der Waals surface area contributed by atoms with E-state index in [1.54, 1.807) is 29.3 Å². The molecule has 0 unspecified atom stereocenters. The Morgan fingerprint density at radius 3 is 2.39 bits per heavy atom. The number of amides is 1. The molecule has 0 saturated carbocycles. The van der Waals surface area contributed by atoms with Crippen molar-refractivity contribution >= 4 is 11.9 Å². The third-order valence-electron chi connectivity index (χ3n) is 5.06. The maximum Gasteiger partial charge on any atom is 0.335 e. The zero-order valence-electron chi connectivity index (χ0n) is 15.8. The van der Waals surface area contributed by atoms with Gasteiger partial charge in [-0.25, -0.2) is 9.80 Å². The van der Waals surface area contributed by atoms with Gasteiger partial charge in [-0.3, -0.25) is 9.80 Å². The Bertz CT molecular complexity index is 792. The van der Waals surface area contributed by atoms with Gasteiger partial charge in [0.1, 0.15) is 0 Å². The molecule has 2 aromatic carbocycles. The van der Waals surface area contributed by atoms with Gasteiger partial charge in [-0.05, 0) is 42.5 Å². The van der Waals surface area contributed by atoms with Crippen molar-refractivity contribution in [2.45, 2.75) is 31.8 Å². The monoisotopic (exact) mass is 382 g/mol. The standard InChI is InChI=1S/C22H26N2O4/c25-20(16-18-4-2-1-3-5-18)11-13-23-14-12-21(26)24(23)15-10-17-6-8-19(9-7-17)22(27)28/h1-9,20,25H,10-16H2,(H,27,28)/t20-/m1/s1. The van der Waals surface area contributed by atoms with Gasteiger partial charge in [-0.15, -0.1) is 0 Å². The summed E-state index contributed by atoms with van der Waals surface area (Å²) in [4.78, 5) is 23.2. The predicted molar refractivity (Wildman–Crippen MR) is 106 cm³/mol. The number of aliphatic hydroxyl groups excluding tert-OH is 1. The van der Waals surface area contributed by atoms with E-state index in [4.69, 9.17) is 5.11 Å². The van der Waals surface area contributed by atoms with Crippen molar-refractivity contribution in [3.63, 3.8) is 0 Å². The van der Waals surface area contributed by atoms with Gasteiger partial charge in [-0.2, -0.15) is 0 Å². The topological polar surface area (TPSA) is 81.1 Å². The third-order valence-corrected chi connectivity index (χ3v) is 5.06. The van der Waals surface area contributed by atoms with Gasteiger partial charge in [0.05, 0.1) is 11.7 Å². The van der Waals surface area contributed by atoms with E-state index in [1.165, 1.54) is 0 Å². The highest BCUT2D eigenvalue weighted by Gasteiger charge is 2.28. The van der Waals surface area contributed by atoms with Gasteiger partial charge in [0, 0.05) is 26.1 Å². The van der Waals surface area contributed by atoms with Crippen LogP contribution in [0.1, 0.15) is 34.3 Å². The van der Waals surface area contributed by atoms with Gasteiger partial charge < -0.3 is 10.2 Å². The van der Waals surface area contributed by atoms with Gasteiger partial charge in [0.15, 0.2) is 0 Å². The second-order valence-corrected chi connectivity index (χ2v) is 7.10. The summed E-state index contributed by atoms with van der Waals surface area (Å²) in [5, 5.41) is 23.1. The number of benzene rings is 2. The van der Waals surface area contributed by atoms with E-state index < -0.39 is 12.1 Å². The molecule has 0 radical (unpaired) electrons. The first-order chi connectivity index (χ1) is 13.5. The van der Waals surface area contributed by atoms with Crippen LogP contribution in [0.2, 0.25) is 0 Å². The normalized spacial score (nSPS) is 15.8. The summed E-state index contributed by atoms with van der Waals surface area (Å²) in [5.74, 6) is -0.846. The molecule has 0 spiro atoms. The molecule has 1 aliphatic heterocycles. The van der Waals surface area contributed by atoms with Crippen LogP contribution in [0.5, 0.6) is 0 Å². The predicted octanol–water partition coefficient (Wildman–Crippen LogP) is 2.37. The number of hydrogen-bond donors (Lipinski definition) is 2. The highest BCUT2D eigenvalue weighted by atomic mass is 16.4. The van der Waals surface area contributed by atoms with Crippen LogP contribution >= 0.6 is 0 Å². The molecule has 148 valence electrons. The lowest BCUT2D eigenvalue weighted by Gasteiger charge is -2.28. The number of rotatable bonds is 9. The van der Waals surface area contributed by atoms with Crippen molar-refractivity contribution in [3.05, 3.63) is 71.3 Å². The number of nitrogens with zero attached hydrogens (tertiary/aromatic N) is 2. The number of carboxylic acids is 1. The van der Waals surface area contributed by atoms with Crippen LogP contribution in [0.15, 0.2) is 54.6 Å². The first-order valence-corrected chi connectivity index (χ1v) is 9.62. The van der Waals surface area contributed by atoms with Crippen molar-refractivity contribution in [2.24, 2.45) is 0 Å². The number of carbonyl (C=O) groups is 2. The lowest BCUT2D eigenvalue weighted by molar-refractivity contribution is -0.138. The number of hydrogen-bond acceptors (Lipinski definition) is 4. The van der Waals surface area contributed by atoms with Crippen molar-refractivity contribution in [1.82, 2.24) is 10.0 Å². The molecule has 1 amide bonds. The highest BCUT2D eigenvalue weighted by molar-refractivity contribution is 5.87. The van der Waals surface area contributed by atoms with E-state index in [-0.39, 0.29) is 11.5 Å². The fraction of sp³-hybridized carbons (Fsp3) is 0.364. The number of aliphatic hydroxyl groups is 1. The smallest absolute Gasteiger partial charge is 0.335 e. The first-order valence-electron chi connectivity index (χ1n) is 9.62. The molecule has 1 aliphatic rings. The Labute approximate surface area is 165 Å². The molecule has 1 atom stereocenters. The molecule has 1 saturated heterocycles. The fourth-order valence-corrected chi connectivity index (χ4v) is 3.47. The SMILES string of the molecule is O=C(O)c1ccc(CCN2C(=O)CCN2CC[C@@H](O)Cc2ccccc2)cc1. The summed E-state index contributed by atoms with van der Waals surface area (Å²) < 4.78 is 0. The molecule has 3 rings (SSSR count). The van der Waals surface area contributed by atoms with Crippen molar-refractivity contribution in [3.8, 4) is 0 Å². The molecule has 0 aromatic heterocycles. The molecule has 1 heterocycles. The number of carbonyl (C=O) groups excluding carboxylic acids is 1. The summed E-state index contributed by atoms with van der Waals surface area (Å²) in [5.41, 5.74) is 2.36. The van der Waals surface area contributed by atoms with Gasteiger partial charge in [-0.1, -0.05) is 42.5 Å². The number of carboxylic acid groups (broad SMARTS) is 1. The van der Waals surface area contributed by atoms with E-state index in [0.29, 0.717) is 45.3 Å². The average Bonchev–Trinajstić information content (AvgIpc) is 3.05. The second-order valence-electron chi connectivity index (χ2n) is 7.10. The van der Waals surface area contributed by atoms with Crippen molar-refractivity contribution in [2.75, 3.05) is 19.6 Å². The third kappa shape index (κ3) is 5.41. The number of hydrazine groups is 1. The molecule has 0 aliphatic carbocycles. The zero-order valence-corrected chi connectivity index (χ0v) is 15.8. The zero-order chi connectivity index (χ0) is 19.9. The van der Waals surface area contributed by atoms with Crippen LogP contribution < -0.4 is 0 Å². The van der Waals surface area contributed by atoms with E-state index >= 15 is 0 Å². The summed E-state index contributed by atoms with van der Waals surface area (Å²) in [6.07, 6.45) is 1.93. The summed E-state index contributed by atoms with van der Waals surface area (Å²) in [6.45, 7) is 1.87. The molecule has 1 fully saturated rings. The molecule has 2 N–H and O–H groups in total. The molecule has 6 heteroatoms. The van der Waals surface area contributed by atoms with Crippen LogP contribution in [-0.4, -0.2) is 57.8 Å². The van der Waals surface area contributed by atoms with E-state index in [1.807, 2.05) is 35.3 Å². The maximum absolute atomic E-state index is 12.2. The van der Waals surface area contributed by atoms with Crippen LogP contribution in [0.25, 0.3) is 0 Å². The minimum absolute atomic E-state index is 0.0969. The Balaban J connectivity index is 1.49. The highest BCUT2D eigenvalue weighted by Crippen LogP contribution is 2.16. The fourth-order valence-electron chi connectivity index (χ4n) is 3.47. The minimum Gasteiger partial charge on any atom is -0.478 e. The van der Waals surface area contributed by atoms with Crippen LogP contribution in [0.3, 0.4) is 0 Å². The van der Waals surface area contributed by atoms with Gasteiger partial charge in [0.2, 0.25) is 5.91 Å². The minimum atomic E-state index is -0.943. The van der Waals surface area contributed by atoms with E-state index in [9.17, 15) is 14.7 Å². The Kier molecular flexibility index (Phi) is 6.79. The van der Waals surface area contributed by atoms with Gasteiger partial charge in [0.25, 0.3) is 0 Å². The Morgan fingerprint density at radius 1 is 1.00 bits per heavy atom. The molecule has 2 aromatic rings. The van der Waals surface area contributed by atoms with Crippen LogP contribution in [-0.2, 0) is 17.6 Å². The number of aromatic carboxylic acids is 1. The van der Waals surface area contributed by atoms with E-state index in [0.717, 1.165) is 11.1 Å². The largest absolute Gasteiger partial charge is 0.478 e. The molecular formula is C22H26N2O4. The summed E-state index contributed by atoms with van der Waals surface area (Å²) >= 11 is 0. The Morgan fingerprint density at radius 2 is 1.71 bits per heavy atom. The van der Waals surface area contributed by atoms with Crippen molar-refractivity contribution < 1.29 is 19.8 Å². The quantitative estimate of drug-likeness (QED) is 0.696. The lowest BCUT2D eigenvalue weighted by Crippen LogP contribution is -2.41. The first kappa shape index (κ1) is 20.0. The molecule has 6 nitrogen and oxygen atoms in total. The molecule has 28 heavy (non-hydrogen) atoms. The van der Waals surface area contributed by atoms with E-state index in [2.05, 4.69) is 0 Å².